The van der Waals surface area contributed by atoms with E-state index in [-0.39, 0.29) is 12.4 Å². The molecule has 2 aromatic rings. The summed E-state index contributed by atoms with van der Waals surface area (Å²) in [7, 11) is 1.33. The van der Waals surface area contributed by atoms with Crippen molar-refractivity contribution in [3.8, 4) is 0 Å². The Morgan fingerprint density at radius 2 is 1.84 bits per heavy atom. The fourth-order valence-electron chi connectivity index (χ4n) is 1.93. The first kappa shape index (κ1) is 18.0. The van der Waals surface area contributed by atoms with E-state index in [2.05, 4.69) is 15.6 Å². The smallest absolute Gasteiger partial charge is 0.305 e. The number of aryl methyl sites for hydroxylation is 1. The molecule has 25 heavy (non-hydrogen) atoms. The molecule has 2 N–H and O–H groups in total. The van der Waals surface area contributed by atoms with Crippen LogP contribution in [0.25, 0.3) is 6.08 Å². The van der Waals surface area contributed by atoms with Gasteiger partial charge in [-0.2, -0.15) is 0 Å². The van der Waals surface area contributed by atoms with Crippen molar-refractivity contribution in [2.24, 2.45) is 0 Å². The molecule has 0 atom stereocenters. The van der Waals surface area contributed by atoms with E-state index in [1.54, 1.807) is 42.5 Å². The van der Waals surface area contributed by atoms with Crippen molar-refractivity contribution in [1.82, 2.24) is 10.9 Å². The third-order valence-electron chi connectivity index (χ3n) is 3.22. The van der Waals surface area contributed by atoms with Crippen LogP contribution in [0.15, 0.2) is 53.0 Å². The Bertz CT molecular complexity index is 765. The van der Waals surface area contributed by atoms with Crippen LogP contribution in [0, 0.1) is 0 Å². The number of benzene rings is 1. The third-order valence-corrected chi connectivity index (χ3v) is 3.22. The van der Waals surface area contributed by atoms with E-state index in [9.17, 15) is 14.4 Å². The number of furan rings is 1. The predicted octanol–water partition coefficient (Wildman–Crippen LogP) is 1.86. The van der Waals surface area contributed by atoms with Crippen molar-refractivity contribution >= 4 is 23.9 Å². The number of hydrazine groups is 1. The zero-order chi connectivity index (χ0) is 18.1. The maximum Gasteiger partial charge on any atom is 0.305 e. The minimum absolute atomic E-state index is 0.221. The average molecular weight is 342 g/mol. The number of rotatable bonds is 6. The summed E-state index contributed by atoms with van der Waals surface area (Å²) in [6.45, 7) is 0. The fourth-order valence-corrected chi connectivity index (χ4v) is 1.93. The van der Waals surface area contributed by atoms with Gasteiger partial charge in [-0.1, -0.05) is 18.2 Å². The van der Waals surface area contributed by atoms with Crippen molar-refractivity contribution < 1.29 is 23.5 Å². The Morgan fingerprint density at radius 3 is 2.56 bits per heavy atom. The molecule has 0 fully saturated rings. The molecule has 1 heterocycles. The molecule has 0 saturated carbocycles. The molecule has 2 amide bonds. The lowest BCUT2D eigenvalue weighted by molar-refractivity contribution is -0.140. The van der Waals surface area contributed by atoms with Crippen LogP contribution in [-0.2, 0) is 20.7 Å². The highest BCUT2D eigenvalue weighted by atomic mass is 16.5. The lowest BCUT2D eigenvalue weighted by Crippen LogP contribution is -2.40. The van der Waals surface area contributed by atoms with Crippen LogP contribution in [0.1, 0.15) is 28.3 Å². The standard InChI is InChI=1S/C18H18N2O5/c1-24-17(22)12-10-15-8-7-14(25-15)9-11-16(21)19-20-18(23)13-5-3-2-4-6-13/h2-9,11H,10,12H2,1H3,(H,19,21)(H,20,23)/b11-9+. The van der Waals surface area contributed by atoms with E-state index in [0.29, 0.717) is 23.5 Å². The van der Waals surface area contributed by atoms with Crippen molar-refractivity contribution in [3.05, 3.63) is 65.6 Å². The molecule has 0 unspecified atom stereocenters. The van der Waals surface area contributed by atoms with Gasteiger partial charge in [-0.25, -0.2) is 0 Å². The van der Waals surface area contributed by atoms with Gasteiger partial charge < -0.3 is 9.15 Å². The maximum atomic E-state index is 11.8. The Kier molecular flexibility index (Phi) is 6.53. The molecule has 0 aliphatic heterocycles. The Balaban J connectivity index is 1.79. The summed E-state index contributed by atoms with van der Waals surface area (Å²) in [5.74, 6) is -0.156. The highest BCUT2D eigenvalue weighted by molar-refractivity contribution is 5.97. The highest BCUT2D eigenvalue weighted by Crippen LogP contribution is 2.11. The molecule has 0 spiro atoms. The van der Waals surface area contributed by atoms with E-state index >= 15 is 0 Å². The van der Waals surface area contributed by atoms with Gasteiger partial charge in [0.05, 0.1) is 13.5 Å². The molecule has 7 heteroatoms. The van der Waals surface area contributed by atoms with E-state index in [1.165, 1.54) is 19.3 Å². The minimum Gasteiger partial charge on any atom is -0.469 e. The van der Waals surface area contributed by atoms with Crippen LogP contribution in [0.2, 0.25) is 0 Å². The molecule has 0 aliphatic rings. The second-order valence-electron chi connectivity index (χ2n) is 5.02. The molecule has 0 radical (unpaired) electrons. The SMILES string of the molecule is COC(=O)CCc1ccc(/C=C/C(=O)NNC(=O)c2ccccc2)o1. The molecule has 1 aromatic heterocycles. The zero-order valence-corrected chi connectivity index (χ0v) is 13.7. The lowest BCUT2D eigenvalue weighted by atomic mass is 10.2. The van der Waals surface area contributed by atoms with E-state index in [0.717, 1.165) is 0 Å². The highest BCUT2D eigenvalue weighted by Gasteiger charge is 2.06. The van der Waals surface area contributed by atoms with Crippen LogP contribution >= 0.6 is 0 Å². The van der Waals surface area contributed by atoms with E-state index < -0.39 is 11.8 Å². The molecule has 130 valence electrons. The van der Waals surface area contributed by atoms with Gasteiger partial charge in [0.2, 0.25) is 0 Å². The van der Waals surface area contributed by atoms with Gasteiger partial charge in [0.1, 0.15) is 11.5 Å². The first-order chi connectivity index (χ1) is 12.1. The lowest BCUT2D eigenvalue weighted by Gasteiger charge is -2.04. The van der Waals surface area contributed by atoms with Gasteiger partial charge >= 0.3 is 5.97 Å². The van der Waals surface area contributed by atoms with Crippen LogP contribution < -0.4 is 10.9 Å². The summed E-state index contributed by atoms with van der Waals surface area (Å²) in [4.78, 5) is 34.5. The van der Waals surface area contributed by atoms with Crippen LogP contribution in [0.3, 0.4) is 0 Å². The van der Waals surface area contributed by atoms with E-state index in [1.807, 2.05) is 0 Å². The molecule has 0 aliphatic carbocycles. The van der Waals surface area contributed by atoms with Gasteiger partial charge in [0.25, 0.3) is 11.8 Å². The van der Waals surface area contributed by atoms with Crippen molar-refractivity contribution in [1.29, 1.82) is 0 Å². The Morgan fingerprint density at radius 1 is 1.08 bits per heavy atom. The van der Waals surface area contributed by atoms with Crippen molar-refractivity contribution in [2.45, 2.75) is 12.8 Å². The monoisotopic (exact) mass is 342 g/mol. The van der Waals surface area contributed by atoms with Crippen LogP contribution in [0.4, 0.5) is 0 Å². The minimum atomic E-state index is -0.503. The summed E-state index contributed by atoms with van der Waals surface area (Å²) in [6.07, 6.45) is 3.33. The number of hydrogen-bond acceptors (Lipinski definition) is 5. The number of carbonyl (C=O) groups excluding carboxylic acids is 3. The Hall–Kier alpha value is -3.35. The molecular formula is C18H18N2O5. The summed E-state index contributed by atoms with van der Waals surface area (Å²) in [5, 5.41) is 0. The molecule has 1 aromatic carbocycles. The molecular weight excluding hydrogens is 324 g/mol. The molecule has 7 nitrogen and oxygen atoms in total. The van der Waals surface area contributed by atoms with E-state index in [4.69, 9.17) is 4.42 Å². The first-order valence-electron chi connectivity index (χ1n) is 7.57. The number of amides is 2. The maximum absolute atomic E-state index is 11.8. The van der Waals surface area contributed by atoms with Crippen LogP contribution in [-0.4, -0.2) is 24.9 Å². The number of nitrogens with one attached hydrogen (secondary N) is 2. The summed E-state index contributed by atoms with van der Waals surface area (Å²) in [5.41, 5.74) is 5.02. The number of methoxy groups -OCH3 is 1. The summed E-state index contributed by atoms with van der Waals surface area (Å²) in [6, 6.07) is 11.9. The molecule has 0 bridgehead atoms. The topological polar surface area (TPSA) is 97.6 Å². The summed E-state index contributed by atoms with van der Waals surface area (Å²) < 4.78 is 10.0. The average Bonchev–Trinajstić information content (AvgIpc) is 3.11. The Labute approximate surface area is 144 Å². The number of esters is 1. The molecule has 0 saturated heterocycles. The summed E-state index contributed by atoms with van der Waals surface area (Å²) >= 11 is 0. The van der Waals surface area contributed by atoms with Gasteiger partial charge in [-0.05, 0) is 30.3 Å². The van der Waals surface area contributed by atoms with Gasteiger partial charge in [-0.3, -0.25) is 25.2 Å². The predicted molar refractivity (Wildman–Crippen MR) is 90.1 cm³/mol. The van der Waals surface area contributed by atoms with Crippen molar-refractivity contribution in [2.75, 3.05) is 7.11 Å². The second kappa shape index (κ2) is 9.07. The van der Waals surface area contributed by atoms with Gasteiger partial charge in [-0.15, -0.1) is 0 Å². The van der Waals surface area contributed by atoms with Crippen molar-refractivity contribution in [3.63, 3.8) is 0 Å². The zero-order valence-electron chi connectivity index (χ0n) is 13.7. The second-order valence-corrected chi connectivity index (χ2v) is 5.02. The normalized spacial score (nSPS) is 10.4. The fraction of sp³-hybridized carbons (Fsp3) is 0.167. The van der Waals surface area contributed by atoms with Crippen LogP contribution in [0.5, 0.6) is 0 Å². The molecule has 2 rings (SSSR count). The largest absolute Gasteiger partial charge is 0.469 e. The number of hydrogen-bond donors (Lipinski definition) is 2. The first-order valence-corrected chi connectivity index (χ1v) is 7.57. The number of carbonyl (C=O) groups is 3. The van der Waals surface area contributed by atoms with Gasteiger partial charge in [0.15, 0.2) is 0 Å². The number of ether oxygens (including phenoxy) is 1. The third kappa shape index (κ3) is 5.98. The quantitative estimate of drug-likeness (QED) is 0.474. The van der Waals surface area contributed by atoms with Gasteiger partial charge in [0, 0.05) is 18.1 Å².